The molecule has 0 aromatic heterocycles. The molecule has 3 rings (SSSR count). The number of rotatable bonds is 2. The average Bonchev–Trinajstić information content (AvgIpc) is 2.72. The first kappa shape index (κ1) is 17.0. The van der Waals surface area contributed by atoms with Crippen LogP contribution in [0.15, 0.2) is 52.6 Å². The Labute approximate surface area is 157 Å². The molecule has 122 valence electrons. The van der Waals surface area contributed by atoms with E-state index in [1.54, 1.807) is 19.2 Å². The Morgan fingerprint density at radius 3 is 2.17 bits per heavy atom. The fraction of sp³-hybridized carbons (Fsp3) is 0.0588. The van der Waals surface area contributed by atoms with Gasteiger partial charge in [0.2, 0.25) is 0 Å². The number of amides is 3. The zero-order valence-corrected chi connectivity index (χ0v) is 15.6. The fourth-order valence-corrected chi connectivity index (χ4v) is 3.15. The van der Waals surface area contributed by atoms with Gasteiger partial charge in [-0.1, -0.05) is 51.3 Å². The average molecular weight is 426 g/mol. The smallest absolute Gasteiger partial charge is 0.292 e. The first-order valence-electron chi connectivity index (χ1n) is 6.92. The summed E-state index contributed by atoms with van der Waals surface area (Å²) in [6, 6.07) is 11.6. The molecule has 0 bridgehead atoms. The van der Waals surface area contributed by atoms with E-state index in [9.17, 15) is 9.59 Å². The molecule has 3 amide bonds. The van der Waals surface area contributed by atoms with Crippen molar-refractivity contribution in [2.24, 2.45) is 0 Å². The van der Waals surface area contributed by atoms with Crippen molar-refractivity contribution in [3.8, 4) is 0 Å². The van der Waals surface area contributed by atoms with Crippen LogP contribution in [0, 0.1) is 0 Å². The van der Waals surface area contributed by atoms with Crippen LogP contribution in [-0.4, -0.2) is 23.9 Å². The van der Waals surface area contributed by atoms with Gasteiger partial charge >= 0.3 is 6.03 Å². The van der Waals surface area contributed by atoms with Gasteiger partial charge in [0.15, 0.2) is 0 Å². The number of anilines is 1. The number of benzene rings is 2. The van der Waals surface area contributed by atoms with Crippen LogP contribution in [0.25, 0.3) is 6.08 Å². The molecule has 0 unspecified atom stereocenters. The molecule has 0 radical (unpaired) electrons. The number of likely N-dealkylation sites (N-methyl/N-ethyl adjacent to an activating group) is 1. The molecule has 0 aliphatic carbocycles. The topological polar surface area (TPSA) is 40.6 Å². The molecule has 0 N–H and O–H groups in total. The maximum atomic E-state index is 12.7. The molecular weight excluding hydrogens is 415 g/mol. The lowest BCUT2D eigenvalue weighted by molar-refractivity contribution is -0.114. The normalized spacial score (nSPS) is 16.4. The Balaban J connectivity index is 2.01. The SMILES string of the molecule is CN1C(=O)N(c2cc(Cl)cc(Cl)c2)C(=O)C1=Cc1ccc(Br)cc1. The van der Waals surface area contributed by atoms with Crippen LogP contribution in [0.4, 0.5) is 10.5 Å². The zero-order valence-electron chi connectivity index (χ0n) is 12.5. The quantitative estimate of drug-likeness (QED) is 0.490. The standard InChI is InChI=1S/C17H11BrCl2N2O2/c1-21-15(6-10-2-4-11(18)5-3-10)16(23)22(17(21)24)14-8-12(19)7-13(20)9-14/h2-9H,1H3. The molecule has 1 saturated heterocycles. The number of imide groups is 1. The summed E-state index contributed by atoms with van der Waals surface area (Å²) in [7, 11) is 1.55. The Morgan fingerprint density at radius 2 is 1.58 bits per heavy atom. The minimum Gasteiger partial charge on any atom is -0.292 e. The van der Waals surface area contributed by atoms with Gasteiger partial charge in [0.1, 0.15) is 5.70 Å². The summed E-state index contributed by atoms with van der Waals surface area (Å²) in [6.45, 7) is 0. The minimum absolute atomic E-state index is 0.276. The first-order valence-corrected chi connectivity index (χ1v) is 8.47. The lowest BCUT2D eigenvalue weighted by atomic mass is 10.2. The van der Waals surface area contributed by atoms with E-state index in [0.29, 0.717) is 15.7 Å². The molecule has 1 aliphatic heterocycles. The fourth-order valence-electron chi connectivity index (χ4n) is 2.37. The molecule has 1 fully saturated rings. The molecule has 24 heavy (non-hydrogen) atoms. The second-order valence-corrected chi connectivity index (χ2v) is 6.98. The molecular formula is C17H11BrCl2N2O2. The molecule has 1 aliphatic rings. The molecule has 4 nitrogen and oxygen atoms in total. The second-order valence-electron chi connectivity index (χ2n) is 5.19. The van der Waals surface area contributed by atoms with Crippen molar-refractivity contribution in [2.45, 2.75) is 0 Å². The van der Waals surface area contributed by atoms with Gasteiger partial charge in [0, 0.05) is 21.6 Å². The van der Waals surface area contributed by atoms with Crippen LogP contribution >= 0.6 is 39.1 Å². The minimum atomic E-state index is -0.457. The molecule has 0 saturated carbocycles. The molecule has 0 spiro atoms. The highest BCUT2D eigenvalue weighted by Gasteiger charge is 2.40. The van der Waals surface area contributed by atoms with E-state index < -0.39 is 11.9 Å². The Bertz CT molecular complexity index is 845. The van der Waals surface area contributed by atoms with Gasteiger partial charge < -0.3 is 0 Å². The van der Waals surface area contributed by atoms with E-state index in [1.165, 1.54) is 17.0 Å². The highest BCUT2D eigenvalue weighted by molar-refractivity contribution is 9.10. The highest BCUT2D eigenvalue weighted by Crippen LogP contribution is 2.31. The van der Waals surface area contributed by atoms with Gasteiger partial charge in [0.25, 0.3) is 5.91 Å². The maximum Gasteiger partial charge on any atom is 0.336 e. The van der Waals surface area contributed by atoms with Crippen molar-refractivity contribution in [3.63, 3.8) is 0 Å². The van der Waals surface area contributed by atoms with Crippen LogP contribution in [0.5, 0.6) is 0 Å². The summed E-state index contributed by atoms with van der Waals surface area (Å²) in [4.78, 5) is 27.6. The summed E-state index contributed by atoms with van der Waals surface area (Å²) >= 11 is 15.3. The molecule has 7 heteroatoms. The number of hydrogen-bond donors (Lipinski definition) is 0. The molecule has 0 atom stereocenters. The number of hydrogen-bond acceptors (Lipinski definition) is 2. The lowest BCUT2D eigenvalue weighted by Crippen LogP contribution is -2.31. The van der Waals surface area contributed by atoms with E-state index in [0.717, 1.165) is 14.9 Å². The van der Waals surface area contributed by atoms with E-state index in [1.807, 2.05) is 24.3 Å². The van der Waals surface area contributed by atoms with Crippen LogP contribution in [0.1, 0.15) is 5.56 Å². The molecule has 2 aromatic carbocycles. The number of halogens is 3. The van der Waals surface area contributed by atoms with E-state index in [4.69, 9.17) is 23.2 Å². The van der Waals surface area contributed by atoms with E-state index in [-0.39, 0.29) is 5.70 Å². The number of carbonyl (C=O) groups is 2. The maximum absolute atomic E-state index is 12.7. The van der Waals surface area contributed by atoms with Crippen LogP contribution in [0.2, 0.25) is 10.0 Å². The predicted octanol–water partition coefficient (Wildman–Crippen LogP) is 5.20. The second kappa shape index (κ2) is 6.59. The van der Waals surface area contributed by atoms with Gasteiger partial charge in [-0.05, 0) is 42.0 Å². The van der Waals surface area contributed by atoms with Crippen molar-refractivity contribution >= 4 is 62.8 Å². The Hall–Kier alpha value is -1.82. The Morgan fingerprint density at radius 1 is 1.00 bits per heavy atom. The number of nitrogens with zero attached hydrogens (tertiary/aromatic N) is 2. The van der Waals surface area contributed by atoms with Crippen LogP contribution < -0.4 is 4.90 Å². The Kier molecular flexibility index (Phi) is 4.67. The first-order chi connectivity index (χ1) is 11.4. The third-order valence-corrected chi connectivity index (χ3v) is 4.51. The lowest BCUT2D eigenvalue weighted by Gasteiger charge is -2.14. The summed E-state index contributed by atoms with van der Waals surface area (Å²) in [5.41, 5.74) is 1.43. The largest absolute Gasteiger partial charge is 0.336 e. The molecule has 1 heterocycles. The van der Waals surface area contributed by atoms with Crippen molar-refractivity contribution in [1.29, 1.82) is 0 Å². The van der Waals surface area contributed by atoms with Gasteiger partial charge in [-0.15, -0.1) is 0 Å². The summed E-state index contributed by atoms with van der Waals surface area (Å²) < 4.78 is 0.932. The summed E-state index contributed by atoms with van der Waals surface area (Å²) in [5.74, 6) is -0.427. The van der Waals surface area contributed by atoms with Crippen LogP contribution in [0.3, 0.4) is 0 Å². The third-order valence-electron chi connectivity index (χ3n) is 3.54. The predicted molar refractivity (Wildman–Crippen MR) is 99.2 cm³/mol. The van der Waals surface area contributed by atoms with E-state index >= 15 is 0 Å². The van der Waals surface area contributed by atoms with Crippen molar-refractivity contribution < 1.29 is 9.59 Å². The highest BCUT2D eigenvalue weighted by atomic mass is 79.9. The number of carbonyl (C=O) groups excluding carboxylic acids is 2. The molecule has 2 aromatic rings. The van der Waals surface area contributed by atoms with Gasteiger partial charge in [-0.3, -0.25) is 9.69 Å². The van der Waals surface area contributed by atoms with Gasteiger partial charge in [-0.25, -0.2) is 9.69 Å². The number of urea groups is 1. The van der Waals surface area contributed by atoms with Crippen molar-refractivity contribution in [1.82, 2.24) is 4.90 Å². The van der Waals surface area contributed by atoms with E-state index in [2.05, 4.69) is 15.9 Å². The summed E-state index contributed by atoms with van der Waals surface area (Å²) in [6.07, 6.45) is 1.67. The van der Waals surface area contributed by atoms with Crippen molar-refractivity contribution in [3.05, 3.63) is 68.2 Å². The van der Waals surface area contributed by atoms with Crippen LogP contribution in [-0.2, 0) is 4.79 Å². The third kappa shape index (κ3) is 3.20. The summed E-state index contributed by atoms with van der Waals surface area (Å²) in [5, 5.41) is 0.706. The van der Waals surface area contributed by atoms with Crippen molar-refractivity contribution in [2.75, 3.05) is 11.9 Å². The monoisotopic (exact) mass is 424 g/mol. The zero-order chi connectivity index (χ0) is 17.4. The van der Waals surface area contributed by atoms with Gasteiger partial charge in [-0.2, -0.15) is 0 Å². The van der Waals surface area contributed by atoms with Gasteiger partial charge in [0.05, 0.1) is 5.69 Å².